The van der Waals surface area contributed by atoms with Gasteiger partial charge in [0.05, 0.1) is 24.2 Å². The standard InChI is InChI=1S/C27H30FN3O4S/c1-18(19-3-9-22(28)10-4-19)30-27(32)21-5-11-23(12-6-21)31-36(33,34)24-13-7-20(8-14-24)25-15-16-29-17-26(25)35-2/h3-4,7-10,13-18,21,23,31H,5-6,11-12H2,1-2H3,(H,30,32)/t18-,21?,23?/m1/s1. The molecule has 1 aliphatic rings. The molecule has 0 spiro atoms. The highest BCUT2D eigenvalue weighted by Gasteiger charge is 2.29. The molecule has 1 saturated carbocycles. The van der Waals surface area contributed by atoms with Crippen LogP contribution in [0.5, 0.6) is 5.75 Å². The quantitative estimate of drug-likeness (QED) is 0.460. The van der Waals surface area contributed by atoms with Crippen molar-refractivity contribution in [3.63, 3.8) is 0 Å². The van der Waals surface area contributed by atoms with Crippen LogP contribution in [0.25, 0.3) is 11.1 Å². The third kappa shape index (κ3) is 6.09. The number of carbonyl (C=O) groups excluding carboxylic acids is 1. The maximum atomic E-state index is 13.1. The molecule has 9 heteroatoms. The van der Waals surface area contributed by atoms with Crippen LogP contribution in [0, 0.1) is 11.7 Å². The molecule has 2 aromatic carbocycles. The van der Waals surface area contributed by atoms with Crippen LogP contribution in [0.1, 0.15) is 44.2 Å². The number of hydrogen-bond donors (Lipinski definition) is 2. The van der Waals surface area contributed by atoms with E-state index in [2.05, 4.69) is 15.0 Å². The molecule has 36 heavy (non-hydrogen) atoms. The highest BCUT2D eigenvalue weighted by atomic mass is 32.2. The Morgan fingerprint density at radius 3 is 2.33 bits per heavy atom. The fraction of sp³-hybridized carbons (Fsp3) is 0.333. The predicted molar refractivity (Wildman–Crippen MR) is 135 cm³/mol. The van der Waals surface area contributed by atoms with E-state index in [-0.39, 0.29) is 34.6 Å². The number of amides is 1. The first kappa shape index (κ1) is 25.8. The second kappa shape index (κ2) is 11.2. The Morgan fingerprint density at radius 2 is 1.69 bits per heavy atom. The number of nitrogens with zero attached hydrogens (tertiary/aromatic N) is 1. The van der Waals surface area contributed by atoms with E-state index < -0.39 is 10.0 Å². The molecule has 0 saturated heterocycles. The molecule has 1 aromatic heterocycles. The van der Waals surface area contributed by atoms with Crippen molar-refractivity contribution in [1.82, 2.24) is 15.0 Å². The Bertz CT molecular complexity index is 1290. The maximum absolute atomic E-state index is 13.1. The third-order valence-electron chi connectivity index (χ3n) is 6.63. The summed E-state index contributed by atoms with van der Waals surface area (Å²) in [4.78, 5) is 16.9. The lowest BCUT2D eigenvalue weighted by molar-refractivity contribution is -0.126. The van der Waals surface area contributed by atoms with Gasteiger partial charge in [-0.15, -0.1) is 0 Å². The summed E-state index contributed by atoms with van der Waals surface area (Å²) >= 11 is 0. The van der Waals surface area contributed by atoms with Crippen LogP contribution in [0.2, 0.25) is 0 Å². The van der Waals surface area contributed by atoms with E-state index in [4.69, 9.17) is 4.74 Å². The van der Waals surface area contributed by atoms with Crippen LogP contribution in [0.15, 0.2) is 71.9 Å². The molecule has 0 radical (unpaired) electrons. The highest BCUT2D eigenvalue weighted by molar-refractivity contribution is 7.89. The number of ether oxygens (including phenoxy) is 1. The van der Waals surface area contributed by atoms with Crippen molar-refractivity contribution in [2.24, 2.45) is 5.92 Å². The average molecular weight is 512 g/mol. The summed E-state index contributed by atoms with van der Waals surface area (Å²) in [6.07, 6.45) is 5.61. The van der Waals surface area contributed by atoms with E-state index in [1.165, 1.54) is 12.1 Å². The van der Waals surface area contributed by atoms with Crippen molar-refractivity contribution in [3.05, 3.63) is 78.4 Å². The number of benzene rings is 2. The summed E-state index contributed by atoms with van der Waals surface area (Å²) in [5.41, 5.74) is 2.49. The van der Waals surface area contributed by atoms with Crippen LogP contribution in [-0.4, -0.2) is 32.5 Å². The van der Waals surface area contributed by atoms with E-state index in [1.54, 1.807) is 55.9 Å². The predicted octanol–water partition coefficient (Wildman–Crippen LogP) is 4.61. The molecule has 1 atom stereocenters. The van der Waals surface area contributed by atoms with Crippen LogP contribution >= 0.6 is 0 Å². The molecule has 1 fully saturated rings. The van der Waals surface area contributed by atoms with E-state index >= 15 is 0 Å². The van der Waals surface area contributed by atoms with Crippen molar-refractivity contribution in [2.75, 3.05) is 7.11 Å². The van der Waals surface area contributed by atoms with Crippen LogP contribution < -0.4 is 14.8 Å². The second-order valence-electron chi connectivity index (χ2n) is 9.05. The number of sulfonamides is 1. The number of methoxy groups -OCH3 is 1. The SMILES string of the molecule is COc1cnccc1-c1ccc(S(=O)(=O)NC2CCC(C(=O)N[C@H](C)c3ccc(F)cc3)CC2)cc1. The molecule has 0 aliphatic heterocycles. The van der Waals surface area contributed by atoms with Gasteiger partial charge in [0.2, 0.25) is 15.9 Å². The summed E-state index contributed by atoms with van der Waals surface area (Å²) in [6, 6.07) is 14.1. The summed E-state index contributed by atoms with van der Waals surface area (Å²) in [7, 11) is -2.13. The molecule has 1 amide bonds. The van der Waals surface area contributed by atoms with Gasteiger partial charge in [-0.1, -0.05) is 24.3 Å². The van der Waals surface area contributed by atoms with Gasteiger partial charge in [0.25, 0.3) is 0 Å². The Hall–Kier alpha value is -3.30. The smallest absolute Gasteiger partial charge is 0.240 e. The summed E-state index contributed by atoms with van der Waals surface area (Å²) in [6.45, 7) is 1.86. The Kier molecular flexibility index (Phi) is 8.01. The highest BCUT2D eigenvalue weighted by Crippen LogP contribution is 2.30. The molecule has 4 rings (SSSR count). The Balaban J connectivity index is 1.32. The number of pyridine rings is 1. The zero-order valence-corrected chi connectivity index (χ0v) is 21.1. The molecule has 1 aliphatic carbocycles. The van der Waals surface area contributed by atoms with Gasteiger partial charge < -0.3 is 10.1 Å². The number of carbonyl (C=O) groups is 1. The molecule has 190 valence electrons. The Labute approximate surface area is 211 Å². The van der Waals surface area contributed by atoms with Gasteiger partial charge in [0.15, 0.2) is 0 Å². The molecule has 3 aromatic rings. The van der Waals surface area contributed by atoms with Crippen molar-refractivity contribution >= 4 is 15.9 Å². The first-order chi connectivity index (χ1) is 17.3. The maximum Gasteiger partial charge on any atom is 0.240 e. The van der Waals surface area contributed by atoms with Crippen molar-refractivity contribution in [2.45, 2.75) is 49.6 Å². The van der Waals surface area contributed by atoms with Gasteiger partial charge in [-0.3, -0.25) is 9.78 Å². The normalized spacial score (nSPS) is 18.9. The number of hydrogen-bond acceptors (Lipinski definition) is 5. The minimum atomic E-state index is -3.70. The van der Waals surface area contributed by atoms with Gasteiger partial charge in [-0.25, -0.2) is 17.5 Å². The lowest BCUT2D eigenvalue weighted by Crippen LogP contribution is -2.41. The topological polar surface area (TPSA) is 97.4 Å². The minimum absolute atomic E-state index is 0.0599. The van der Waals surface area contributed by atoms with Crippen LogP contribution in [0.3, 0.4) is 0 Å². The molecule has 7 nitrogen and oxygen atoms in total. The number of rotatable bonds is 8. The fourth-order valence-electron chi connectivity index (χ4n) is 4.52. The first-order valence-electron chi connectivity index (χ1n) is 11.9. The Morgan fingerprint density at radius 1 is 1.03 bits per heavy atom. The summed E-state index contributed by atoms with van der Waals surface area (Å²) < 4.78 is 47.2. The summed E-state index contributed by atoms with van der Waals surface area (Å²) in [5, 5.41) is 2.99. The van der Waals surface area contributed by atoms with Crippen molar-refractivity contribution in [3.8, 4) is 16.9 Å². The van der Waals surface area contributed by atoms with Crippen molar-refractivity contribution < 1.29 is 22.3 Å². The molecule has 0 unspecified atom stereocenters. The molecular formula is C27H30FN3O4S. The zero-order chi connectivity index (χ0) is 25.7. The van der Waals surface area contributed by atoms with Crippen molar-refractivity contribution in [1.29, 1.82) is 0 Å². The zero-order valence-electron chi connectivity index (χ0n) is 20.3. The molecule has 0 bridgehead atoms. The van der Waals surface area contributed by atoms with Gasteiger partial charge in [0.1, 0.15) is 11.6 Å². The fourth-order valence-corrected chi connectivity index (χ4v) is 5.83. The second-order valence-corrected chi connectivity index (χ2v) is 10.8. The molecule has 2 N–H and O–H groups in total. The number of halogens is 1. The number of nitrogens with one attached hydrogen (secondary N) is 2. The van der Waals surface area contributed by atoms with E-state index in [0.717, 1.165) is 16.7 Å². The first-order valence-corrected chi connectivity index (χ1v) is 13.4. The molecular weight excluding hydrogens is 481 g/mol. The van der Waals surface area contributed by atoms with Gasteiger partial charge in [0, 0.05) is 23.7 Å². The molecule has 1 heterocycles. The lowest BCUT2D eigenvalue weighted by Gasteiger charge is -2.29. The minimum Gasteiger partial charge on any atom is -0.494 e. The van der Waals surface area contributed by atoms with Gasteiger partial charge >= 0.3 is 0 Å². The van der Waals surface area contributed by atoms with Gasteiger partial charge in [-0.2, -0.15) is 0 Å². The number of aromatic nitrogens is 1. The monoisotopic (exact) mass is 511 g/mol. The van der Waals surface area contributed by atoms with E-state index in [1.807, 2.05) is 13.0 Å². The van der Waals surface area contributed by atoms with Crippen LogP contribution in [-0.2, 0) is 14.8 Å². The lowest BCUT2D eigenvalue weighted by atomic mass is 9.85. The average Bonchev–Trinajstić information content (AvgIpc) is 2.89. The largest absolute Gasteiger partial charge is 0.494 e. The van der Waals surface area contributed by atoms with Gasteiger partial charge in [-0.05, 0) is 74.1 Å². The van der Waals surface area contributed by atoms with E-state index in [0.29, 0.717) is 31.4 Å². The van der Waals surface area contributed by atoms with Crippen LogP contribution in [0.4, 0.5) is 4.39 Å². The van der Waals surface area contributed by atoms with E-state index in [9.17, 15) is 17.6 Å². The third-order valence-corrected chi connectivity index (χ3v) is 8.17. The summed E-state index contributed by atoms with van der Waals surface area (Å²) in [5.74, 6) is 0.0561.